The molecule has 0 radical (unpaired) electrons. The van der Waals surface area contributed by atoms with Crippen LogP contribution in [0.2, 0.25) is 0 Å². The van der Waals surface area contributed by atoms with E-state index in [4.69, 9.17) is 14.2 Å². The molecular weight excluding hydrogens is 306 g/mol. The maximum Gasteiger partial charge on any atom is 0.410 e. The van der Waals surface area contributed by atoms with Crippen molar-refractivity contribution in [3.63, 3.8) is 0 Å². The summed E-state index contributed by atoms with van der Waals surface area (Å²) in [5.41, 5.74) is 1.74. The molecule has 2 heterocycles. The molecule has 0 aliphatic carbocycles. The number of carbonyl (C=O) groups is 1. The predicted molar refractivity (Wildman–Crippen MR) is 92.2 cm³/mol. The Morgan fingerprint density at radius 2 is 2.00 bits per heavy atom. The molecule has 1 aromatic carbocycles. The van der Waals surface area contributed by atoms with Gasteiger partial charge in [-0.15, -0.1) is 0 Å². The minimum absolute atomic E-state index is 0.267. The molecule has 3 rings (SSSR count). The first kappa shape index (κ1) is 16.7. The Hall–Kier alpha value is -2.17. The number of para-hydroxylation sites is 1. The lowest BCUT2D eigenvalue weighted by atomic mass is 9.98. The van der Waals surface area contributed by atoms with E-state index in [0.29, 0.717) is 13.1 Å². The number of rotatable bonds is 1. The van der Waals surface area contributed by atoms with E-state index in [0.717, 1.165) is 23.5 Å². The molecule has 2 aliphatic rings. The van der Waals surface area contributed by atoms with Gasteiger partial charge in [0.2, 0.25) is 5.79 Å². The Kier molecular flexibility index (Phi) is 3.98. The summed E-state index contributed by atoms with van der Waals surface area (Å²) >= 11 is 0. The van der Waals surface area contributed by atoms with Crippen LogP contribution in [0.25, 0.3) is 5.57 Å². The monoisotopic (exact) mass is 331 g/mol. The summed E-state index contributed by atoms with van der Waals surface area (Å²) in [6.45, 7) is 10.6. The van der Waals surface area contributed by atoms with Crippen molar-refractivity contribution in [2.45, 2.75) is 52.4 Å². The molecular formula is C19H25NO4. The standard InChI is InChI=1S/C19H25NO4/c1-18(2,3)24-17(21)20-11-9-13(10-12-20)14-7-6-8-15-16(14)23-19(4,5)22-15/h6-9H,10-12H2,1-5H3. The van der Waals surface area contributed by atoms with E-state index in [1.165, 1.54) is 5.57 Å². The van der Waals surface area contributed by atoms with Crippen LogP contribution < -0.4 is 9.47 Å². The number of carbonyl (C=O) groups excluding carboxylic acids is 1. The van der Waals surface area contributed by atoms with Crippen molar-refractivity contribution in [3.8, 4) is 11.5 Å². The molecule has 1 amide bonds. The molecule has 2 aliphatic heterocycles. The summed E-state index contributed by atoms with van der Waals surface area (Å²) < 4.78 is 17.2. The molecule has 130 valence electrons. The third kappa shape index (κ3) is 3.50. The first-order valence-electron chi connectivity index (χ1n) is 8.33. The number of ether oxygens (including phenoxy) is 3. The van der Waals surface area contributed by atoms with Crippen molar-refractivity contribution >= 4 is 11.7 Å². The molecule has 24 heavy (non-hydrogen) atoms. The van der Waals surface area contributed by atoms with Crippen LogP contribution in [-0.2, 0) is 4.74 Å². The Bertz CT molecular complexity index is 685. The largest absolute Gasteiger partial charge is 0.449 e. The average Bonchev–Trinajstić information content (AvgIpc) is 2.79. The predicted octanol–water partition coefficient (Wildman–Crippen LogP) is 4.22. The summed E-state index contributed by atoms with van der Waals surface area (Å²) in [6, 6.07) is 5.93. The molecule has 0 atom stereocenters. The number of nitrogens with zero attached hydrogens (tertiary/aromatic N) is 1. The lowest BCUT2D eigenvalue weighted by Gasteiger charge is -2.29. The maximum absolute atomic E-state index is 12.2. The van der Waals surface area contributed by atoms with Gasteiger partial charge < -0.3 is 19.1 Å². The zero-order chi connectivity index (χ0) is 17.5. The van der Waals surface area contributed by atoms with Gasteiger partial charge in [-0.2, -0.15) is 0 Å². The second-order valence-electron chi connectivity index (χ2n) is 7.64. The van der Waals surface area contributed by atoms with Crippen molar-refractivity contribution < 1.29 is 19.0 Å². The number of fused-ring (bicyclic) bond motifs is 1. The van der Waals surface area contributed by atoms with Gasteiger partial charge in [-0.05, 0) is 38.8 Å². The Morgan fingerprint density at radius 3 is 2.62 bits per heavy atom. The van der Waals surface area contributed by atoms with Crippen LogP contribution in [0.4, 0.5) is 4.79 Å². The topological polar surface area (TPSA) is 48.0 Å². The Balaban J connectivity index is 1.76. The molecule has 0 saturated heterocycles. The summed E-state index contributed by atoms with van der Waals surface area (Å²) in [4.78, 5) is 13.9. The van der Waals surface area contributed by atoms with Crippen molar-refractivity contribution in [3.05, 3.63) is 29.8 Å². The lowest BCUT2D eigenvalue weighted by molar-refractivity contribution is -0.0432. The van der Waals surface area contributed by atoms with Gasteiger partial charge >= 0.3 is 6.09 Å². The number of hydrogen-bond acceptors (Lipinski definition) is 4. The minimum atomic E-state index is -0.643. The van der Waals surface area contributed by atoms with E-state index in [1.807, 2.05) is 52.8 Å². The SMILES string of the molecule is CC(C)(C)OC(=O)N1CC=C(c2cccc3c2OC(C)(C)O3)CC1. The van der Waals surface area contributed by atoms with E-state index in [2.05, 4.69) is 6.08 Å². The van der Waals surface area contributed by atoms with Crippen LogP contribution in [0.5, 0.6) is 11.5 Å². The highest BCUT2D eigenvalue weighted by atomic mass is 16.7. The molecule has 0 unspecified atom stereocenters. The van der Waals surface area contributed by atoms with Crippen molar-refractivity contribution in [1.29, 1.82) is 0 Å². The highest BCUT2D eigenvalue weighted by Crippen LogP contribution is 2.45. The maximum atomic E-state index is 12.2. The quantitative estimate of drug-likeness (QED) is 0.773. The van der Waals surface area contributed by atoms with E-state index >= 15 is 0 Å². The minimum Gasteiger partial charge on any atom is -0.449 e. The average molecular weight is 331 g/mol. The zero-order valence-corrected chi connectivity index (χ0v) is 15.0. The summed E-state index contributed by atoms with van der Waals surface area (Å²) in [6.07, 6.45) is 2.56. The molecule has 0 N–H and O–H groups in total. The van der Waals surface area contributed by atoms with Crippen LogP contribution in [0.1, 0.15) is 46.6 Å². The van der Waals surface area contributed by atoms with Gasteiger partial charge in [0.05, 0.1) is 0 Å². The van der Waals surface area contributed by atoms with Gasteiger partial charge in [0.25, 0.3) is 0 Å². The van der Waals surface area contributed by atoms with Crippen LogP contribution in [0, 0.1) is 0 Å². The second kappa shape index (κ2) is 5.72. The first-order valence-corrected chi connectivity index (χ1v) is 8.33. The second-order valence-corrected chi connectivity index (χ2v) is 7.64. The third-order valence-corrected chi connectivity index (χ3v) is 3.89. The molecule has 0 saturated carbocycles. The summed E-state index contributed by atoms with van der Waals surface area (Å²) in [5, 5.41) is 0. The van der Waals surface area contributed by atoms with Gasteiger partial charge in [0.15, 0.2) is 11.5 Å². The van der Waals surface area contributed by atoms with E-state index in [1.54, 1.807) is 4.90 Å². The van der Waals surface area contributed by atoms with Gasteiger partial charge in [0, 0.05) is 32.5 Å². The van der Waals surface area contributed by atoms with E-state index in [-0.39, 0.29) is 6.09 Å². The van der Waals surface area contributed by atoms with E-state index < -0.39 is 11.4 Å². The van der Waals surface area contributed by atoms with Gasteiger partial charge in [-0.3, -0.25) is 0 Å². The molecule has 0 bridgehead atoms. The lowest BCUT2D eigenvalue weighted by Crippen LogP contribution is -2.39. The molecule has 5 nitrogen and oxygen atoms in total. The molecule has 5 heteroatoms. The van der Waals surface area contributed by atoms with Gasteiger partial charge in [-0.25, -0.2) is 4.79 Å². The van der Waals surface area contributed by atoms with Crippen molar-refractivity contribution in [2.75, 3.05) is 13.1 Å². The fourth-order valence-corrected chi connectivity index (χ4v) is 2.89. The van der Waals surface area contributed by atoms with Crippen molar-refractivity contribution in [2.24, 2.45) is 0 Å². The normalized spacial score (nSPS) is 19.0. The van der Waals surface area contributed by atoms with Crippen LogP contribution in [-0.4, -0.2) is 35.5 Å². The smallest absolute Gasteiger partial charge is 0.410 e. The fourth-order valence-electron chi connectivity index (χ4n) is 2.89. The van der Waals surface area contributed by atoms with Crippen LogP contribution in [0.15, 0.2) is 24.3 Å². The number of amides is 1. The first-order chi connectivity index (χ1) is 11.1. The Morgan fingerprint density at radius 1 is 1.25 bits per heavy atom. The molecule has 0 aromatic heterocycles. The van der Waals surface area contributed by atoms with Crippen LogP contribution >= 0.6 is 0 Å². The Labute approximate surface area is 143 Å². The van der Waals surface area contributed by atoms with Crippen molar-refractivity contribution in [1.82, 2.24) is 4.90 Å². The zero-order valence-electron chi connectivity index (χ0n) is 15.0. The third-order valence-electron chi connectivity index (χ3n) is 3.89. The summed E-state index contributed by atoms with van der Waals surface area (Å²) in [5.74, 6) is 0.920. The molecule has 0 spiro atoms. The highest BCUT2D eigenvalue weighted by molar-refractivity contribution is 5.76. The van der Waals surface area contributed by atoms with Gasteiger partial charge in [-0.1, -0.05) is 18.2 Å². The highest BCUT2D eigenvalue weighted by Gasteiger charge is 2.34. The molecule has 0 fully saturated rings. The van der Waals surface area contributed by atoms with Gasteiger partial charge in [0.1, 0.15) is 5.60 Å². The van der Waals surface area contributed by atoms with Crippen LogP contribution in [0.3, 0.4) is 0 Å². The summed E-state index contributed by atoms with van der Waals surface area (Å²) in [7, 11) is 0. The number of hydrogen-bond donors (Lipinski definition) is 0. The molecule has 1 aromatic rings. The fraction of sp³-hybridized carbons (Fsp3) is 0.526. The van der Waals surface area contributed by atoms with E-state index in [9.17, 15) is 4.79 Å². The number of benzene rings is 1.